The van der Waals surface area contributed by atoms with Crippen molar-refractivity contribution in [1.82, 2.24) is 19.6 Å². The van der Waals surface area contributed by atoms with Gasteiger partial charge in [-0.05, 0) is 12.1 Å². The monoisotopic (exact) mass is 369 g/mol. The van der Waals surface area contributed by atoms with E-state index in [2.05, 4.69) is 10.4 Å². The van der Waals surface area contributed by atoms with E-state index in [9.17, 15) is 4.79 Å². The zero-order chi connectivity index (χ0) is 19.1. The predicted octanol–water partition coefficient (Wildman–Crippen LogP) is 3.75. The number of amides is 1. The van der Waals surface area contributed by atoms with Gasteiger partial charge in [0.1, 0.15) is 5.82 Å². The summed E-state index contributed by atoms with van der Waals surface area (Å²) in [6.07, 6.45) is 4.25. The maximum absolute atomic E-state index is 12.4. The summed E-state index contributed by atoms with van der Waals surface area (Å²) in [5.74, 6) is 0.658. The summed E-state index contributed by atoms with van der Waals surface area (Å²) in [7, 11) is 1.84. The predicted molar refractivity (Wildman–Crippen MR) is 107 cm³/mol. The fraction of sp³-hybridized carbons (Fsp3) is 0.136. The van der Waals surface area contributed by atoms with Gasteiger partial charge in [0.25, 0.3) is 0 Å². The average Bonchev–Trinajstić information content (AvgIpc) is 3.34. The third-order valence-electron chi connectivity index (χ3n) is 5.18. The second kappa shape index (κ2) is 6.49. The van der Waals surface area contributed by atoms with E-state index in [1.54, 1.807) is 4.68 Å². The molecule has 28 heavy (non-hydrogen) atoms. The Hall–Kier alpha value is -3.67. The fourth-order valence-electron chi connectivity index (χ4n) is 3.79. The van der Waals surface area contributed by atoms with Crippen molar-refractivity contribution in [3.8, 4) is 16.9 Å². The summed E-state index contributed by atoms with van der Waals surface area (Å²) < 4.78 is 3.60. The molecule has 4 aromatic rings. The molecule has 1 aliphatic heterocycles. The molecule has 2 aromatic carbocycles. The Labute approximate surface area is 162 Å². The molecule has 0 spiro atoms. The number of nitrogens with one attached hydrogen (secondary N) is 1. The molecule has 0 saturated carbocycles. The molecule has 0 aliphatic carbocycles. The maximum Gasteiger partial charge on any atom is 0.226 e. The van der Waals surface area contributed by atoms with Gasteiger partial charge in [0.2, 0.25) is 5.91 Å². The molecule has 1 N–H and O–H groups in total. The van der Waals surface area contributed by atoms with Crippen molar-refractivity contribution >= 4 is 11.7 Å². The molecule has 2 aromatic heterocycles. The van der Waals surface area contributed by atoms with E-state index < -0.39 is 0 Å². The van der Waals surface area contributed by atoms with Gasteiger partial charge >= 0.3 is 0 Å². The molecule has 0 bridgehead atoms. The smallest absolute Gasteiger partial charge is 0.226 e. The summed E-state index contributed by atoms with van der Waals surface area (Å²) in [5.41, 5.74) is 4.95. The number of hydrogen-bond donors (Lipinski definition) is 1. The molecule has 138 valence electrons. The van der Waals surface area contributed by atoms with Crippen LogP contribution in [0.4, 0.5) is 5.82 Å². The van der Waals surface area contributed by atoms with Crippen molar-refractivity contribution < 1.29 is 4.79 Å². The molecule has 1 amide bonds. The zero-order valence-corrected chi connectivity index (χ0v) is 15.4. The second-order valence-electron chi connectivity index (χ2n) is 6.96. The minimum atomic E-state index is -0.0925. The van der Waals surface area contributed by atoms with Crippen LogP contribution in [0.25, 0.3) is 16.9 Å². The molecule has 0 fully saturated rings. The number of para-hydroxylation sites is 1. The third-order valence-corrected chi connectivity index (χ3v) is 5.18. The Morgan fingerprint density at radius 2 is 1.71 bits per heavy atom. The van der Waals surface area contributed by atoms with Crippen molar-refractivity contribution in [3.05, 3.63) is 84.2 Å². The Bertz CT molecular complexity index is 1140. The highest BCUT2D eigenvalue weighted by molar-refractivity contribution is 5.94. The van der Waals surface area contributed by atoms with E-state index in [4.69, 9.17) is 5.10 Å². The van der Waals surface area contributed by atoms with Gasteiger partial charge < -0.3 is 5.32 Å². The summed E-state index contributed by atoms with van der Waals surface area (Å²) >= 11 is 0. The first kappa shape index (κ1) is 16.5. The quantitative estimate of drug-likeness (QED) is 0.598. The van der Waals surface area contributed by atoms with Crippen LogP contribution in [-0.2, 0) is 11.8 Å². The first-order chi connectivity index (χ1) is 13.7. The number of carbonyl (C=O) groups excluding carboxylic acids is 1. The SMILES string of the molecule is Cn1ncc2c1NC(=O)C[C@@H]2c1cn(-c2ccccc2)nc1-c1ccccc1. The Kier molecular flexibility index (Phi) is 3.83. The Morgan fingerprint density at radius 1 is 1.00 bits per heavy atom. The lowest BCUT2D eigenvalue weighted by atomic mass is 9.86. The van der Waals surface area contributed by atoms with E-state index in [1.807, 2.05) is 84.8 Å². The lowest BCUT2D eigenvalue weighted by molar-refractivity contribution is -0.116. The molecule has 1 atom stereocenters. The highest BCUT2D eigenvalue weighted by atomic mass is 16.1. The standard InChI is InChI=1S/C22H19N5O/c1-26-22-18(13-23-26)17(12-20(28)24-22)19-14-27(16-10-6-3-7-11-16)25-21(19)15-8-4-2-5-9-15/h2-11,13-14,17H,12H2,1H3,(H,24,28)/t17-/m0/s1. The van der Waals surface area contributed by atoms with Gasteiger partial charge in [-0.25, -0.2) is 4.68 Å². The number of benzene rings is 2. The van der Waals surface area contributed by atoms with E-state index >= 15 is 0 Å². The number of carbonyl (C=O) groups is 1. The molecular weight excluding hydrogens is 350 g/mol. The first-order valence-corrected chi connectivity index (χ1v) is 9.23. The van der Waals surface area contributed by atoms with Crippen molar-refractivity contribution in [1.29, 1.82) is 0 Å². The van der Waals surface area contributed by atoms with Crippen LogP contribution >= 0.6 is 0 Å². The van der Waals surface area contributed by atoms with Gasteiger partial charge in [-0.2, -0.15) is 10.2 Å². The minimum Gasteiger partial charge on any atom is -0.311 e. The van der Waals surface area contributed by atoms with Gasteiger partial charge in [-0.3, -0.25) is 9.48 Å². The van der Waals surface area contributed by atoms with E-state index in [1.165, 1.54) is 0 Å². The highest BCUT2D eigenvalue weighted by Gasteiger charge is 2.32. The highest BCUT2D eigenvalue weighted by Crippen LogP contribution is 2.40. The number of aryl methyl sites for hydroxylation is 1. The summed E-state index contributed by atoms with van der Waals surface area (Å²) in [6, 6.07) is 20.1. The van der Waals surface area contributed by atoms with Gasteiger partial charge in [0, 0.05) is 42.3 Å². The molecule has 0 radical (unpaired) electrons. The summed E-state index contributed by atoms with van der Waals surface area (Å²) in [5, 5.41) is 12.2. The van der Waals surface area contributed by atoms with Crippen LogP contribution in [0.3, 0.4) is 0 Å². The van der Waals surface area contributed by atoms with E-state index in [-0.39, 0.29) is 11.8 Å². The van der Waals surface area contributed by atoms with Crippen molar-refractivity contribution in [3.63, 3.8) is 0 Å². The van der Waals surface area contributed by atoms with Crippen LogP contribution in [0.1, 0.15) is 23.5 Å². The molecule has 6 heteroatoms. The maximum atomic E-state index is 12.4. The molecule has 6 nitrogen and oxygen atoms in total. The van der Waals surface area contributed by atoms with Crippen molar-refractivity contribution in [2.45, 2.75) is 12.3 Å². The van der Waals surface area contributed by atoms with Crippen LogP contribution in [0.15, 0.2) is 73.1 Å². The van der Waals surface area contributed by atoms with Crippen LogP contribution in [0.5, 0.6) is 0 Å². The van der Waals surface area contributed by atoms with Crippen molar-refractivity contribution in [2.75, 3.05) is 5.32 Å². The number of rotatable bonds is 3. The Morgan fingerprint density at radius 3 is 2.46 bits per heavy atom. The number of fused-ring (bicyclic) bond motifs is 1. The zero-order valence-electron chi connectivity index (χ0n) is 15.4. The van der Waals surface area contributed by atoms with Crippen LogP contribution in [0.2, 0.25) is 0 Å². The van der Waals surface area contributed by atoms with E-state index in [0.29, 0.717) is 6.42 Å². The molecular formula is C22H19N5O. The molecule has 0 unspecified atom stereocenters. The minimum absolute atomic E-state index is 0.00688. The Balaban J connectivity index is 1.71. The van der Waals surface area contributed by atoms with Gasteiger partial charge in [0.15, 0.2) is 0 Å². The number of anilines is 1. The third kappa shape index (κ3) is 2.70. The number of hydrogen-bond acceptors (Lipinski definition) is 3. The van der Waals surface area contributed by atoms with Gasteiger partial charge in [-0.15, -0.1) is 0 Å². The molecule has 5 rings (SSSR count). The normalized spacial score (nSPS) is 15.9. The van der Waals surface area contributed by atoms with Gasteiger partial charge in [-0.1, -0.05) is 48.5 Å². The van der Waals surface area contributed by atoms with Crippen LogP contribution in [-0.4, -0.2) is 25.5 Å². The largest absolute Gasteiger partial charge is 0.311 e. The second-order valence-corrected chi connectivity index (χ2v) is 6.96. The lowest BCUT2D eigenvalue weighted by Gasteiger charge is -2.23. The lowest BCUT2D eigenvalue weighted by Crippen LogP contribution is -2.24. The van der Waals surface area contributed by atoms with Crippen LogP contribution < -0.4 is 5.32 Å². The molecule has 0 saturated heterocycles. The fourth-order valence-corrected chi connectivity index (χ4v) is 3.79. The molecule has 1 aliphatic rings. The van der Waals surface area contributed by atoms with Gasteiger partial charge in [0.05, 0.1) is 17.6 Å². The summed E-state index contributed by atoms with van der Waals surface area (Å²) in [6.45, 7) is 0. The summed E-state index contributed by atoms with van der Waals surface area (Å²) in [4.78, 5) is 12.4. The number of nitrogens with zero attached hydrogens (tertiary/aromatic N) is 4. The van der Waals surface area contributed by atoms with E-state index in [0.717, 1.165) is 33.9 Å². The van der Waals surface area contributed by atoms with Crippen LogP contribution in [0, 0.1) is 0 Å². The first-order valence-electron chi connectivity index (χ1n) is 9.23. The molecule has 3 heterocycles. The van der Waals surface area contributed by atoms with Crippen molar-refractivity contribution in [2.24, 2.45) is 7.05 Å². The number of aromatic nitrogens is 4. The average molecular weight is 369 g/mol. The topological polar surface area (TPSA) is 64.7 Å².